The quantitative estimate of drug-likeness (QED) is 0.439. The SMILES string of the molecule is C[C@]12CC/C(=N/OCCN)CC1/C(=C/CO)C[C@@H]1[C@@H]2CC[C@]2(C)C(=O)CC[C@@H]12. The van der Waals surface area contributed by atoms with E-state index in [1.54, 1.807) is 0 Å². The third-order valence-corrected chi connectivity index (χ3v) is 8.86. The van der Waals surface area contributed by atoms with Crippen molar-refractivity contribution in [2.24, 2.45) is 45.4 Å². The molecule has 0 aromatic carbocycles. The van der Waals surface area contributed by atoms with E-state index in [0.717, 1.165) is 50.7 Å². The summed E-state index contributed by atoms with van der Waals surface area (Å²) in [5, 5.41) is 14.1. The topological polar surface area (TPSA) is 84.9 Å². The standard InChI is InChI=1S/C23H36N2O3/c1-22-8-5-16(25-28-12-10-24)14-20(22)15(7-11-26)13-17-18-3-4-21(27)23(18,2)9-6-19(17)22/h7,17-20,26H,3-6,8-14,24H2,1-2H3/b15-7+,25-16-/t17-,18-,19-,20?,22+,23-/m0/s1. The molecule has 0 aromatic rings. The van der Waals surface area contributed by atoms with Crippen molar-refractivity contribution in [1.29, 1.82) is 0 Å². The Balaban J connectivity index is 1.63. The maximum Gasteiger partial charge on any atom is 0.139 e. The molecule has 5 nitrogen and oxygen atoms in total. The molecule has 0 aromatic heterocycles. The lowest BCUT2D eigenvalue weighted by molar-refractivity contribution is -0.134. The average molecular weight is 389 g/mol. The van der Waals surface area contributed by atoms with Crippen LogP contribution in [0, 0.1) is 34.5 Å². The van der Waals surface area contributed by atoms with Gasteiger partial charge in [0.1, 0.15) is 12.4 Å². The fourth-order valence-electron chi connectivity index (χ4n) is 7.35. The highest BCUT2D eigenvalue weighted by atomic mass is 16.6. The molecule has 0 aliphatic heterocycles. The van der Waals surface area contributed by atoms with Crippen LogP contribution in [0.15, 0.2) is 16.8 Å². The Morgan fingerprint density at radius 2 is 2.04 bits per heavy atom. The Bertz CT molecular complexity index is 687. The molecule has 4 aliphatic rings. The van der Waals surface area contributed by atoms with E-state index in [-0.39, 0.29) is 17.4 Å². The number of Topliss-reactive ketones (excluding diaryl/α,β-unsaturated/α-hetero) is 1. The summed E-state index contributed by atoms with van der Waals surface area (Å²) in [4.78, 5) is 18.0. The Labute approximate surface area is 168 Å². The van der Waals surface area contributed by atoms with Gasteiger partial charge in [-0.25, -0.2) is 0 Å². The molecule has 0 heterocycles. The molecular formula is C23H36N2O3. The number of nitrogens with zero attached hydrogens (tertiary/aromatic N) is 1. The number of carbonyl (C=O) groups excluding carboxylic acids is 1. The van der Waals surface area contributed by atoms with Gasteiger partial charge in [0.05, 0.1) is 12.3 Å². The summed E-state index contributed by atoms with van der Waals surface area (Å²) < 4.78 is 0. The van der Waals surface area contributed by atoms with E-state index in [1.807, 2.05) is 6.08 Å². The molecule has 156 valence electrons. The Hall–Kier alpha value is -1.20. The number of aliphatic hydroxyl groups is 1. The van der Waals surface area contributed by atoms with Crippen LogP contribution in [0.5, 0.6) is 0 Å². The highest BCUT2D eigenvalue weighted by molar-refractivity contribution is 5.87. The normalized spacial score (nSPS) is 45.6. The zero-order valence-electron chi connectivity index (χ0n) is 17.5. The fraction of sp³-hybridized carbons (Fsp3) is 0.826. The van der Waals surface area contributed by atoms with E-state index in [0.29, 0.717) is 42.6 Å². The van der Waals surface area contributed by atoms with E-state index in [1.165, 1.54) is 12.0 Å². The van der Waals surface area contributed by atoms with Crippen LogP contribution < -0.4 is 5.73 Å². The van der Waals surface area contributed by atoms with Gasteiger partial charge in [0.2, 0.25) is 0 Å². The molecule has 5 heteroatoms. The number of nitrogens with two attached hydrogens (primary N) is 1. The third kappa shape index (κ3) is 3.06. The number of fused-ring (bicyclic) bond motifs is 5. The summed E-state index contributed by atoms with van der Waals surface area (Å²) >= 11 is 0. The van der Waals surface area contributed by atoms with Gasteiger partial charge in [0.25, 0.3) is 0 Å². The predicted molar refractivity (Wildman–Crippen MR) is 110 cm³/mol. The molecule has 0 spiro atoms. The van der Waals surface area contributed by atoms with Crippen LogP contribution in [0.4, 0.5) is 0 Å². The number of allylic oxidation sites excluding steroid dienone is 1. The van der Waals surface area contributed by atoms with Crippen LogP contribution in [0.3, 0.4) is 0 Å². The second-order valence-corrected chi connectivity index (χ2v) is 10.0. The molecule has 4 fully saturated rings. The molecule has 6 atom stereocenters. The summed E-state index contributed by atoms with van der Waals surface area (Å²) in [7, 11) is 0. The molecule has 0 amide bonds. The molecule has 28 heavy (non-hydrogen) atoms. The van der Waals surface area contributed by atoms with Gasteiger partial charge in [0, 0.05) is 18.4 Å². The number of aliphatic hydroxyl groups excluding tert-OH is 1. The second kappa shape index (κ2) is 7.56. The van der Waals surface area contributed by atoms with E-state index in [2.05, 4.69) is 19.0 Å². The molecule has 3 N–H and O–H groups in total. The zero-order valence-corrected chi connectivity index (χ0v) is 17.5. The summed E-state index contributed by atoms with van der Waals surface area (Å²) in [6, 6.07) is 0. The molecule has 0 radical (unpaired) electrons. The van der Waals surface area contributed by atoms with Crippen molar-refractivity contribution >= 4 is 11.5 Å². The second-order valence-electron chi connectivity index (χ2n) is 10.0. The summed E-state index contributed by atoms with van der Waals surface area (Å²) in [6.07, 6.45) is 10.1. The van der Waals surface area contributed by atoms with Crippen molar-refractivity contribution in [3.05, 3.63) is 11.6 Å². The average Bonchev–Trinajstić information content (AvgIpc) is 2.98. The van der Waals surface area contributed by atoms with E-state index >= 15 is 0 Å². The minimum absolute atomic E-state index is 0.0936. The Kier molecular flexibility index (Phi) is 5.43. The van der Waals surface area contributed by atoms with Gasteiger partial charge < -0.3 is 15.7 Å². The molecule has 4 rings (SSSR count). The fourth-order valence-corrected chi connectivity index (χ4v) is 7.35. The zero-order chi connectivity index (χ0) is 19.9. The first-order valence-corrected chi connectivity index (χ1v) is 11.1. The van der Waals surface area contributed by atoms with Gasteiger partial charge in [-0.15, -0.1) is 0 Å². The lowest BCUT2D eigenvalue weighted by Crippen LogP contribution is -2.54. The largest absolute Gasteiger partial charge is 0.395 e. The van der Waals surface area contributed by atoms with Gasteiger partial charge >= 0.3 is 0 Å². The number of ketones is 1. The van der Waals surface area contributed by atoms with Gasteiger partial charge in [0.15, 0.2) is 0 Å². The minimum Gasteiger partial charge on any atom is -0.395 e. The maximum absolute atomic E-state index is 12.6. The number of rotatable bonds is 4. The van der Waals surface area contributed by atoms with E-state index in [9.17, 15) is 9.90 Å². The van der Waals surface area contributed by atoms with E-state index < -0.39 is 0 Å². The summed E-state index contributed by atoms with van der Waals surface area (Å²) in [5.41, 5.74) is 8.16. The van der Waals surface area contributed by atoms with Crippen LogP contribution in [-0.4, -0.2) is 36.4 Å². The van der Waals surface area contributed by atoms with Gasteiger partial charge in [-0.2, -0.15) is 0 Å². The number of carbonyl (C=O) groups is 1. The minimum atomic E-state index is -0.105. The van der Waals surface area contributed by atoms with Crippen molar-refractivity contribution in [2.45, 2.75) is 65.2 Å². The van der Waals surface area contributed by atoms with Crippen molar-refractivity contribution < 1.29 is 14.7 Å². The molecule has 4 aliphatic carbocycles. The first-order chi connectivity index (χ1) is 13.4. The maximum atomic E-state index is 12.6. The lowest BCUT2D eigenvalue weighted by Gasteiger charge is -2.60. The van der Waals surface area contributed by atoms with Crippen molar-refractivity contribution in [3.63, 3.8) is 0 Å². The highest BCUT2D eigenvalue weighted by Crippen LogP contribution is 2.66. The van der Waals surface area contributed by atoms with E-state index in [4.69, 9.17) is 10.6 Å². The van der Waals surface area contributed by atoms with Crippen LogP contribution in [0.1, 0.15) is 65.2 Å². The van der Waals surface area contributed by atoms with Crippen LogP contribution in [0.2, 0.25) is 0 Å². The monoisotopic (exact) mass is 388 g/mol. The molecule has 4 saturated carbocycles. The molecule has 1 unspecified atom stereocenters. The highest BCUT2D eigenvalue weighted by Gasteiger charge is 2.61. The first-order valence-electron chi connectivity index (χ1n) is 11.1. The van der Waals surface area contributed by atoms with Crippen molar-refractivity contribution in [3.8, 4) is 0 Å². The van der Waals surface area contributed by atoms with Crippen molar-refractivity contribution in [1.82, 2.24) is 0 Å². The number of hydrogen-bond acceptors (Lipinski definition) is 5. The summed E-state index contributed by atoms with van der Waals surface area (Å²) in [5.74, 6) is 2.68. The van der Waals surface area contributed by atoms with Crippen molar-refractivity contribution in [2.75, 3.05) is 19.8 Å². The number of oxime groups is 1. The molecule has 0 saturated heterocycles. The third-order valence-electron chi connectivity index (χ3n) is 8.86. The predicted octanol–water partition coefficient (Wildman–Crippen LogP) is 3.46. The summed E-state index contributed by atoms with van der Waals surface area (Å²) in [6.45, 7) is 5.74. The lowest BCUT2D eigenvalue weighted by atomic mass is 9.44. The van der Waals surface area contributed by atoms with Crippen LogP contribution in [-0.2, 0) is 9.63 Å². The van der Waals surface area contributed by atoms with Gasteiger partial charge in [-0.3, -0.25) is 4.79 Å². The van der Waals surface area contributed by atoms with Crippen LogP contribution >= 0.6 is 0 Å². The van der Waals surface area contributed by atoms with Gasteiger partial charge in [-0.05, 0) is 74.0 Å². The molecular weight excluding hydrogens is 352 g/mol. The number of hydrogen-bond donors (Lipinski definition) is 2. The van der Waals surface area contributed by atoms with Crippen LogP contribution in [0.25, 0.3) is 0 Å². The smallest absolute Gasteiger partial charge is 0.139 e. The first kappa shape index (κ1) is 20.1. The van der Waals surface area contributed by atoms with Gasteiger partial charge in [-0.1, -0.05) is 30.7 Å². The molecule has 0 bridgehead atoms. The Morgan fingerprint density at radius 3 is 2.79 bits per heavy atom. The Morgan fingerprint density at radius 1 is 1.21 bits per heavy atom.